The normalized spacial score (nSPS) is 38.2. The van der Waals surface area contributed by atoms with Gasteiger partial charge in [0.15, 0.2) is 0 Å². The lowest BCUT2D eigenvalue weighted by Gasteiger charge is -2.50. The Morgan fingerprint density at radius 2 is 1.32 bits per heavy atom. The molecule has 1 N–H and O–H groups in total. The number of hydrogen-bond acceptors (Lipinski definition) is 2. The maximum Gasteiger partial charge on any atom is 0.0814 e. The fourth-order valence-corrected chi connectivity index (χ4v) is 4.51. The molecule has 1 saturated heterocycles. The molecule has 3 aliphatic rings. The molecule has 2 heteroatoms. The van der Waals surface area contributed by atoms with E-state index in [-0.39, 0.29) is 11.2 Å². The van der Waals surface area contributed by atoms with Gasteiger partial charge in [0, 0.05) is 13.1 Å². The van der Waals surface area contributed by atoms with Crippen LogP contribution < -0.4 is 5.32 Å². The molecule has 1 aliphatic heterocycles. The predicted octanol–water partition coefficient (Wildman–Crippen LogP) is 4.04. The monoisotopic (exact) mass is 265 g/mol. The summed E-state index contributed by atoms with van der Waals surface area (Å²) >= 11 is 0. The van der Waals surface area contributed by atoms with E-state index in [9.17, 15) is 0 Å². The molecule has 3 fully saturated rings. The highest BCUT2D eigenvalue weighted by molar-refractivity contribution is 4.99. The van der Waals surface area contributed by atoms with Crippen LogP contribution in [0.3, 0.4) is 0 Å². The SMILES string of the molecule is CC1(C)CCCC2(CC1)CNCC1(CCCCC1)O2. The summed E-state index contributed by atoms with van der Waals surface area (Å²) in [4.78, 5) is 0. The van der Waals surface area contributed by atoms with E-state index < -0.39 is 0 Å². The highest BCUT2D eigenvalue weighted by Gasteiger charge is 2.47. The van der Waals surface area contributed by atoms with E-state index >= 15 is 0 Å². The van der Waals surface area contributed by atoms with Crippen molar-refractivity contribution in [2.24, 2.45) is 5.41 Å². The van der Waals surface area contributed by atoms with Gasteiger partial charge in [0.05, 0.1) is 11.2 Å². The summed E-state index contributed by atoms with van der Waals surface area (Å²) in [5.41, 5.74) is 0.860. The zero-order valence-electron chi connectivity index (χ0n) is 12.9. The van der Waals surface area contributed by atoms with Gasteiger partial charge in [-0.25, -0.2) is 0 Å². The van der Waals surface area contributed by atoms with E-state index in [1.54, 1.807) is 0 Å². The second-order valence-electron chi connectivity index (χ2n) is 8.15. The molecular weight excluding hydrogens is 234 g/mol. The van der Waals surface area contributed by atoms with Gasteiger partial charge in [-0.1, -0.05) is 39.5 Å². The molecular formula is C17H31NO. The van der Waals surface area contributed by atoms with Crippen LogP contribution in [0.25, 0.3) is 0 Å². The maximum absolute atomic E-state index is 6.85. The number of morpholine rings is 1. The fourth-order valence-electron chi connectivity index (χ4n) is 4.51. The Hall–Kier alpha value is -0.0800. The van der Waals surface area contributed by atoms with Crippen LogP contribution in [-0.4, -0.2) is 24.3 Å². The molecule has 2 saturated carbocycles. The number of rotatable bonds is 0. The summed E-state index contributed by atoms with van der Waals surface area (Å²) in [6.45, 7) is 7.04. The Balaban J connectivity index is 1.72. The van der Waals surface area contributed by atoms with Crippen molar-refractivity contribution in [1.29, 1.82) is 0 Å². The van der Waals surface area contributed by atoms with Crippen molar-refractivity contribution >= 4 is 0 Å². The molecule has 19 heavy (non-hydrogen) atoms. The third-order valence-electron chi connectivity index (χ3n) is 5.84. The van der Waals surface area contributed by atoms with Crippen molar-refractivity contribution in [2.75, 3.05) is 13.1 Å². The van der Waals surface area contributed by atoms with Gasteiger partial charge in [0.1, 0.15) is 0 Å². The van der Waals surface area contributed by atoms with Crippen molar-refractivity contribution in [2.45, 2.75) is 89.3 Å². The second-order valence-corrected chi connectivity index (χ2v) is 8.15. The van der Waals surface area contributed by atoms with Gasteiger partial charge in [0.25, 0.3) is 0 Å². The molecule has 2 aliphatic carbocycles. The Bertz CT molecular complexity index is 314. The standard InChI is InChI=1S/C17H31NO/c1-15(2)7-6-10-17(12-11-15)14-18-13-16(19-17)8-4-3-5-9-16/h18H,3-14H2,1-2H3. The predicted molar refractivity (Wildman–Crippen MR) is 79.4 cm³/mol. The van der Waals surface area contributed by atoms with Crippen LogP contribution in [0.15, 0.2) is 0 Å². The third-order valence-corrected chi connectivity index (χ3v) is 5.84. The van der Waals surface area contributed by atoms with Crippen LogP contribution in [0.4, 0.5) is 0 Å². The molecule has 1 atom stereocenters. The molecule has 2 spiro atoms. The molecule has 0 bridgehead atoms. The van der Waals surface area contributed by atoms with E-state index in [1.165, 1.54) is 64.2 Å². The smallest absolute Gasteiger partial charge is 0.0814 e. The zero-order valence-corrected chi connectivity index (χ0v) is 12.9. The largest absolute Gasteiger partial charge is 0.366 e. The Morgan fingerprint density at radius 3 is 2.05 bits per heavy atom. The van der Waals surface area contributed by atoms with E-state index in [2.05, 4.69) is 19.2 Å². The summed E-state index contributed by atoms with van der Waals surface area (Å²) in [6, 6.07) is 0. The average molecular weight is 265 g/mol. The molecule has 0 radical (unpaired) electrons. The Labute approximate surface area is 118 Å². The minimum Gasteiger partial charge on any atom is -0.366 e. The van der Waals surface area contributed by atoms with Crippen molar-refractivity contribution in [3.8, 4) is 0 Å². The first-order valence-corrected chi connectivity index (χ1v) is 8.44. The molecule has 2 nitrogen and oxygen atoms in total. The van der Waals surface area contributed by atoms with Crippen molar-refractivity contribution < 1.29 is 4.74 Å². The highest BCUT2D eigenvalue weighted by atomic mass is 16.5. The molecule has 0 aromatic carbocycles. The molecule has 0 amide bonds. The molecule has 1 heterocycles. The quantitative estimate of drug-likeness (QED) is 0.714. The van der Waals surface area contributed by atoms with Crippen LogP contribution in [0.5, 0.6) is 0 Å². The number of nitrogens with one attached hydrogen (secondary N) is 1. The van der Waals surface area contributed by atoms with Gasteiger partial charge in [-0.05, 0) is 43.9 Å². The molecule has 110 valence electrons. The van der Waals surface area contributed by atoms with Crippen molar-refractivity contribution in [3.63, 3.8) is 0 Å². The first kappa shape index (κ1) is 13.9. The van der Waals surface area contributed by atoms with Crippen LogP contribution in [-0.2, 0) is 4.74 Å². The topological polar surface area (TPSA) is 21.3 Å². The van der Waals surface area contributed by atoms with Crippen LogP contribution >= 0.6 is 0 Å². The van der Waals surface area contributed by atoms with Crippen molar-refractivity contribution in [1.82, 2.24) is 5.32 Å². The van der Waals surface area contributed by atoms with Crippen molar-refractivity contribution in [3.05, 3.63) is 0 Å². The van der Waals surface area contributed by atoms with Gasteiger partial charge in [-0.3, -0.25) is 0 Å². The minimum absolute atomic E-state index is 0.156. The molecule has 0 aromatic heterocycles. The lowest BCUT2D eigenvalue weighted by molar-refractivity contribution is -0.196. The maximum atomic E-state index is 6.85. The summed E-state index contributed by atoms with van der Waals surface area (Å²) in [5.74, 6) is 0. The third kappa shape index (κ3) is 3.00. The average Bonchev–Trinajstić information content (AvgIpc) is 2.50. The van der Waals surface area contributed by atoms with Gasteiger partial charge < -0.3 is 10.1 Å². The summed E-state index contributed by atoms with van der Waals surface area (Å²) < 4.78 is 6.85. The summed E-state index contributed by atoms with van der Waals surface area (Å²) in [7, 11) is 0. The lowest BCUT2D eigenvalue weighted by Crippen LogP contribution is -2.60. The van der Waals surface area contributed by atoms with E-state index in [0.717, 1.165) is 13.1 Å². The first-order valence-electron chi connectivity index (χ1n) is 8.44. The highest BCUT2D eigenvalue weighted by Crippen LogP contribution is 2.45. The van der Waals surface area contributed by atoms with Gasteiger partial charge >= 0.3 is 0 Å². The van der Waals surface area contributed by atoms with Crippen LogP contribution in [0.1, 0.15) is 78.1 Å². The zero-order chi connectivity index (χ0) is 13.4. The van der Waals surface area contributed by atoms with E-state index in [0.29, 0.717) is 5.41 Å². The molecule has 3 rings (SSSR count). The minimum atomic E-state index is 0.156. The number of hydrogen-bond donors (Lipinski definition) is 1. The lowest BCUT2D eigenvalue weighted by atomic mass is 9.80. The van der Waals surface area contributed by atoms with Gasteiger partial charge in [-0.2, -0.15) is 0 Å². The van der Waals surface area contributed by atoms with E-state index in [1.807, 2.05) is 0 Å². The Morgan fingerprint density at radius 1 is 0.684 bits per heavy atom. The van der Waals surface area contributed by atoms with Gasteiger partial charge in [-0.15, -0.1) is 0 Å². The van der Waals surface area contributed by atoms with Crippen LogP contribution in [0.2, 0.25) is 0 Å². The summed E-state index contributed by atoms with van der Waals surface area (Å²) in [6.07, 6.45) is 13.3. The number of ether oxygens (including phenoxy) is 1. The molecule has 1 unspecified atom stereocenters. The second kappa shape index (κ2) is 5.04. The first-order chi connectivity index (χ1) is 9.04. The molecule has 0 aromatic rings. The van der Waals surface area contributed by atoms with Crippen LogP contribution in [0, 0.1) is 5.41 Å². The summed E-state index contributed by atoms with van der Waals surface area (Å²) in [5, 5.41) is 3.74. The van der Waals surface area contributed by atoms with Gasteiger partial charge in [0.2, 0.25) is 0 Å². The van der Waals surface area contributed by atoms with E-state index in [4.69, 9.17) is 4.74 Å². The fraction of sp³-hybridized carbons (Fsp3) is 1.00. The Kier molecular flexibility index (Phi) is 3.68.